The molecule has 0 saturated carbocycles. The van der Waals surface area contributed by atoms with Gasteiger partial charge in [0.05, 0.1) is 11.0 Å². The third-order valence-corrected chi connectivity index (χ3v) is 13.1. The highest BCUT2D eigenvalue weighted by molar-refractivity contribution is 6.14. The highest BCUT2D eigenvalue weighted by Gasteiger charge is 2.18. The zero-order valence-electron chi connectivity index (χ0n) is 36.8. The summed E-state index contributed by atoms with van der Waals surface area (Å²) in [7, 11) is 0. The topological polar surface area (TPSA) is 95.7 Å². The van der Waals surface area contributed by atoms with Crippen LogP contribution in [0.5, 0.6) is 0 Å². The van der Waals surface area contributed by atoms with Crippen LogP contribution in [0, 0.1) is 0 Å². The van der Waals surface area contributed by atoms with Crippen LogP contribution >= 0.6 is 0 Å². The molecular formula is C61H36N6O2. The number of oxazole rings is 2. The van der Waals surface area contributed by atoms with Crippen molar-refractivity contribution in [2.75, 3.05) is 0 Å². The van der Waals surface area contributed by atoms with Crippen LogP contribution in [0.1, 0.15) is 0 Å². The van der Waals surface area contributed by atoms with Crippen LogP contribution in [-0.2, 0) is 0 Å². The van der Waals surface area contributed by atoms with Crippen molar-refractivity contribution in [2.45, 2.75) is 0 Å². The number of hydrogen-bond donors (Lipinski definition) is 0. The predicted molar refractivity (Wildman–Crippen MR) is 277 cm³/mol. The molecule has 0 fully saturated rings. The second kappa shape index (κ2) is 15.5. The molecule has 0 atom stereocenters. The quantitative estimate of drug-likeness (QED) is 0.157. The molecule has 0 N–H and O–H groups in total. The van der Waals surface area contributed by atoms with Crippen LogP contribution in [0.25, 0.3) is 139 Å². The van der Waals surface area contributed by atoms with Crippen LogP contribution in [0.3, 0.4) is 0 Å². The van der Waals surface area contributed by atoms with Gasteiger partial charge in [-0.25, -0.2) is 24.9 Å². The summed E-state index contributed by atoms with van der Waals surface area (Å²) in [6, 6.07) is 75.4. The van der Waals surface area contributed by atoms with E-state index in [1.807, 2.05) is 97.1 Å². The molecule has 14 rings (SSSR count). The summed E-state index contributed by atoms with van der Waals surface area (Å²) in [5, 5.41) is 7.27. The molecule has 0 spiro atoms. The molecule has 14 aromatic rings. The first kappa shape index (κ1) is 38.7. The molecule has 4 heterocycles. The van der Waals surface area contributed by atoms with E-state index in [-0.39, 0.29) is 0 Å². The molecule has 0 unspecified atom stereocenters. The van der Waals surface area contributed by atoms with Crippen molar-refractivity contribution in [1.29, 1.82) is 0 Å². The molecule has 322 valence electrons. The van der Waals surface area contributed by atoms with E-state index in [1.165, 1.54) is 37.8 Å². The largest absolute Gasteiger partial charge is 0.436 e. The van der Waals surface area contributed by atoms with Crippen LogP contribution < -0.4 is 0 Å². The molecule has 69 heavy (non-hydrogen) atoms. The fourth-order valence-electron chi connectivity index (χ4n) is 9.57. The normalized spacial score (nSPS) is 11.8. The number of aromatic nitrogens is 6. The Labute approximate surface area is 394 Å². The number of rotatable bonds is 7. The number of nitrogens with zero attached hydrogens (tertiary/aromatic N) is 6. The summed E-state index contributed by atoms with van der Waals surface area (Å²) in [6.45, 7) is 0. The van der Waals surface area contributed by atoms with Crippen molar-refractivity contribution in [3.8, 4) is 73.9 Å². The van der Waals surface area contributed by atoms with E-state index in [0.29, 0.717) is 29.3 Å². The molecule has 0 bridgehead atoms. The predicted octanol–water partition coefficient (Wildman–Crippen LogP) is 15.6. The summed E-state index contributed by atoms with van der Waals surface area (Å²) < 4.78 is 14.6. The zero-order valence-corrected chi connectivity index (χ0v) is 36.8. The van der Waals surface area contributed by atoms with Crippen LogP contribution in [-0.4, -0.2) is 29.5 Å². The summed E-state index contributed by atoms with van der Waals surface area (Å²) >= 11 is 0. The maximum absolute atomic E-state index is 6.08. The van der Waals surface area contributed by atoms with E-state index in [9.17, 15) is 0 Å². The van der Waals surface area contributed by atoms with Gasteiger partial charge in [-0.15, -0.1) is 0 Å². The lowest BCUT2D eigenvalue weighted by atomic mass is 10.0. The lowest BCUT2D eigenvalue weighted by Crippen LogP contribution is -2.00. The van der Waals surface area contributed by atoms with Gasteiger partial charge in [-0.05, 0) is 118 Å². The van der Waals surface area contributed by atoms with Gasteiger partial charge in [0.2, 0.25) is 11.8 Å². The molecule has 0 aliphatic heterocycles. The Kier molecular flexibility index (Phi) is 8.72. The van der Waals surface area contributed by atoms with Crippen molar-refractivity contribution < 1.29 is 8.83 Å². The van der Waals surface area contributed by atoms with Gasteiger partial charge in [-0.1, -0.05) is 133 Å². The second-order valence-electron chi connectivity index (χ2n) is 17.3. The zero-order chi connectivity index (χ0) is 45.4. The van der Waals surface area contributed by atoms with Crippen LogP contribution in [0.2, 0.25) is 0 Å². The Hall–Kier alpha value is -9.53. The first-order valence-corrected chi connectivity index (χ1v) is 22.9. The minimum Gasteiger partial charge on any atom is -0.436 e. The SMILES string of the molecule is c1ccc2cc(-n3c4ccc(-c5ccc(-c6nc(-c7ccc(-c8nc9ccccc9o8)cc7)nc(-c7ccc(-c8nc9ccccc9o8)cc7)n6)cc5)cc4c4cc5ccccc5cc43)ccc2c1. The van der Waals surface area contributed by atoms with Gasteiger partial charge in [-0.2, -0.15) is 0 Å². The molecule has 10 aromatic carbocycles. The van der Waals surface area contributed by atoms with Crippen molar-refractivity contribution in [3.05, 3.63) is 218 Å². The van der Waals surface area contributed by atoms with Gasteiger partial charge >= 0.3 is 0 Å². The average molecular weight is 885 g/mol. The fourth-order valence-corrected chi connectivity index (χ4v) is 9.57. The van der Waals surface area contributed by atoms with Crippen molar-refractivity contribution in [3.63, 3.8) is 0 Å². The third-order valence-electron chi connectivity index (χ3n) is 13.1. The lowest BCUT2D eigenvalue weighted by Gasteiger charge is -2.11. The first-order valence-electron chi connectivity index (χ1n) is 22.9. The number of para-hydroxylation sites is 4. The first-order chi connectivity index (χ1) is 34.1. The third kappa shape index (κ3) is 6.73. The van der Waals surface area contributed by atoms with Gasteiger partial charge in [0, 0.05) is 44.3 Å². The fraction of sp³-hybridized carbons (Fsp3) is 0. The molecule has 4 aromatic heterocycles. The molecule has 8 nitrogen and oxygen atoms in total. The Morgan fingerprint density at radius 1 is 0.290 bits per heavy atom. The maximum atomic E-state index is 6.08. The molecule has 8 heteroatoms. The molecule has 0 radical (unpaired) electrons. The Morgan fingerprint density at radius 3 is 1.28 bits per heavy atom. The highest BCUT2D eigenvalue weighted by Crippen LogP contribution is 2.39. The summed E-state index contributed by atoms with van der Waals surface area (Å²) in [4.78, 5) is 24.6. The van der Waals surface area contributed by atoms with Crippen molar-refractivity contribution in [1.82, 2.24) is 29.5 Å². The van der Waals surface area contributed by atoms with E-state index in [2.05, 4.69) is 126 Å². The molecule has 0 amide bonds. The van der Waals surface area contributed by atoms with E-state index >= 15 is 0 Å². The van der Waals surface area contributed by atoms with E-state index in [1.54, 1.807) is 0 Å². The Morgan fingerprint density at radius 2 is 0.725 bits per heavy atom. The molecule has 0 aliphatic carbocycles. The lowest BCUT2D eigenvalue weighted by molar-refractivity contribution is 0.619. The number of hydrogen-bond acceptors (Lipinski definition) is 7. The van der Waals surface area contributed by atoms with Gasteiger partial charge < -0.3 is 13.4 Å². The number of benzene rings is 10. The average Bonchev–Trinajstić information content (AvgIpc) is 4.14. The van der Waals surface area contributed by atoms with E-state index < -0.39 is 0 Å². The minimum atomic E-state index is 0.548. The smallest absolute Gasteiger partial charge is 0.227 e. The maximum Gasteiger partial charge on any atom is 0.227 e. The van der Waals surface area contributed by atoms with Crippen molar-refractivity contribution >= 4 is 65.6 Å². The van der Waals surface area contributed by atoms with Crippen molar-refractivity contribution in [2.24, 2.45) is 0 Å². The molecule has 0 aliphatic rings. The minimum absolute atomic E-state index is 0.548. The molecular weight excluding hydrogens is 849 g/mol. The highest BCUT2D eigenvalue weighted by atomic mass is 16.4. The van der Waals surface area contributed by atoms with E-state index in [0.717, 1.165) is 72.3 Å². The Bertz CT molecular complexity index is 4100. The monoisotopic (exact) mass is 884 g/mol. The summed E-state index contributed by atoms with van der Waals surface area (Å²) in [6.07, 6.45) is 0. The summed E-state index contributed by atoms with van der Waals surface area (Å²) in [5.41, 5.74) is 13.1. The van der Waals surface area contributed by atoms with Crippen LogP contribution in [0.15, 0.2) is 227 Å². The van der Waals surface area contributed by atoms with Crippen LogP contribution in [0.4, 0.5) is 0 Å². The van der Waals surface area contributed by atoms with E-state index in [4.69, 9.17) is 33.8 Å². The van der Waals surface area contributed by atoms with Gasteiger partial charge in [-0.3, -0.25) is 0 Å². The van der Waals surface area contributed by atoms with Gasteiger partial charge in [0.25, 0.3) is 0 Å². The second-order valence-corrected chi connectivity index (χ2v) is 17.3. The van der Waals surface area contributed by atoms with Gasteiger partial charge in [0.1, 0.15) is 11.0 Å². The number of fused-ring (bicyclic) bond motifs is 7. The standard InChI is InChI=1S/C61H36N6O2/c1-2-10-44-33-48(31-29-37(44)9-1)67-53-32-30-47(35-49(53)50-34-45-11-3-4-12-46(45)36-54(50)67)38-17-19-39(20-18-38)57-64-58(40-21-25-42(26-22-40)60-62-51-13-5-7-15-55(51)68-60)66-59(65-57)41-23-27-43(28-24-41)61-63-52-14-6-8-16-56(52)69-61/h1-36H. The Balaban J connectivity index is 0.849. The summed E-state index contributed by atoms with van der Waals surface area (Å²) in [5.74, 6) is 2.77. The van der Waals surface area contributed by atoms with Gasteiger partial charge in [0.15, 0.2) is 28.6 Å². The molecule has 0 saturated heterocycles.